The molecule has 1 aliphatic carbocycles. The lowest BCUT2D eigenvalue weighted by Gasteiger charge is -2.25. The first kappa shape index (κ1) is 23.9. The molecule has 3 aromatic rings. The first-order valence-electron chi connectivity index (χ1n) is 10.9. The van der Waals surface area contributed by atoms with Crippen molar-refractivity contribution in [3.63, 3.8) is 0 Å². The molecule has 1 aliphatic heterocycles. The van der Waals surface area contributed by atoms with E-state index < -0.39 is 54.5 Å². The molecule has 1 saturated heterocycles. The summed E-state index contributed by atoms with van der Waals surface area (Å²) >= 11 is 0. The molecule has 2 aromatic heterocycles. The zero-order valence-corrected chi connectivity index (χ0v) is 18.4. The minimum absolute atomic E-state index is 0.0887. The fourth-order valence-electron chi connectivity index (χ4n) is 4.50. The first-order chi connectivity index (χ1) is 17.2. The van der Waals surface area contributed by atoms with E-state index in [2.05, 4.69) is 30.2 Å². The number of H-pyrrole nitrogens is 1. The van der Waals surface area contributed by atoms with Crippen molar-refractivity contribution in [3.05, 3.63) is 53.8 Å². The average Bonchev–Trinajstić information content (AvgIpc) is 3.51. The van der Waals surface area contributed by atoms with Gasteiger partial charge in [-0.2, -0.15) is 13.9 Å². The van der Waals surface area contributed by atoms with Crippen LogP contribution in [0, 0.1) is 5.82 Å². The van der Waals surface area contributed by atoms with Crippen LogP contribution < -0.4 is 10.1 Å². The van der Waals surface area contributed by atoms with Gasteiger partial charge >= 0.3 is 6.61 Å². The van der Waals surface area contributed by atoms with Gasteiger partial charge in [-0.15, -0.1) is 0 Å². The van der Waals surface area contributed by atoms with E-state index in [4.69, 9.17) is 0 Å². The smallest absolute Gasteiger partial charge is 0.387 e. The fourth-order valence-corrected chi connectivity index (χ4v) is 4.50. The Morgan fingerprint density at radius 3 is 2.75 bits per heavy atom. The summed E-state index contributed by atoms with van der Waals surface area (Å²) in [6, 6.07) is 1.24. The second kappa shape index (κ2) is 9.35. The number of fused-ring (bicyclic) bond motifs is 1. The molecule has 5 atom stereocenters. The summed E-state index contributed by atoms with van der Waals surface area (Å²) in [4.78, 5) is 22.8. The van der Waals surface area contributed by atoms with Crippen LogP contribution in [0.15, 0.2) is 36.7 Å². The van der Waals surface area contributed by atoms with Gasteiger partial charge in [0.2, 0.25) is 0 Å². The van der Waals surface area contributed by atoms with Gasteiger partial charge in [0.25, 0.3) is 5.91 Å². The Hall–Kier alpha value is -3.78. The van der Waals surface area contributed by atoms with Crippen LogP contribution in [-0.4, -0.2) is 78.8 Å². The van der Waals surface area contributed by atoms with Gasteiger partial charge in [-0.1, -0.05) is 12.2 Å². The van der Waals surface area contributed by atoms with Crippen LogP contribution in [0.4, 0.5) is 23.4 Å². The predicted octanol–water partition coefficient (Wildman–Crippen LogP) is 2.09. The fraction of sp³-hybridized carbons (Fsp3) is 0.364. The largest absolute Gasteiger partial charge is 0.435 e. The number of aliphatic hydroxyl groups is 2. The molecule has 4 N–H and O–H groups in total. The maximum atomic E-state index is 14.5. The zero-order chi connectivity index (χ0) is 25.6. The number of carbonyl (C=O) groups excluding carboxylic acids is 1. The normalized spacial score (nSPS) is 25.8. The number of hydrogen-bond donors (Lipinski definition) is 4. The van der Waals surface area contributed by atoms with Crippen LogP contribution in [0.1, 0.15) is 28.5 Å². The predicted molar refractivity (Wildman–Crippen MR) is 117 cm³/mol. The highest BCUT2D eigenvalue weighted by molar-refractivity contribution is 6.08. The highest BCUT2D eigenvalue weighted by Gasteiger charge is 2.39. The van der Waals surface area contributed by atoms with E-state index in [-0.39, 0.29) is 41.1 Å². The van der Waals surface area contributed by atoms with Crippen LogP contribution in [0.25, 0.3) is 11.0 Å². The number of hydrogen-bond acceptors (Lipinski definition) is 8. The lowest BCUT2D eigenvalue weighted by molar-refractivity contribution is -0.0501. The molecule has 1 amide bonds. The maximum absolute atomic E-state index is 14.5. The van der Waals surface area contributed by atoms with E-state index in [9.17, 15) is 32.6 Å². The highest BCUT2D eigenvalue weighted by atomic mass is 19.3. The molecular formula is C22H20F4N6O4. The molecule has 10 nitrogen and oxygen atoms in total. The topological polar surface area (TPSA) is 136 Å². The molecule has 14 heteroatoms. The van der Waals surface area contributed by atoms with Crippen molar-refractivity contribution in [1.82, 2.24) is 25.1 Å². The second-order valence-electron chi connectivity index (χ2n) is 8.46. The average molecular weight is 508 g/mol. The van der Waals surface area contributed by atoms with Gasteiger partial charge in [0.1, 0.15) is 47.8 Å². The number of rotatable bonds is 6. The van der Waals surface area contributed by atoms with Gasteiger partial charge in [0.05, 0.1) is 24.0 Å². The number of nitrogens with zero attached hydrogens (tertiary/aromatic N) is 4. The van der Waals surface area contributed by atoms with Crippen LogP contribution >= 0.6 is 0 Å². The zero-order valence-electron chi connectivity index (χ0n) is 18.4. The van der Waals surface area contributed by atoms with E-state index >= 15 is 0 Å². The van der Waals surface area contributed by atoms with Crippen molar-refractivity contribution in [3.8, 4) is 5.75 Å². The molecule has 0 saturated carbocycles. The van der Waals surface area contributed by atoms with Crippen molar-refractivity contribution in [2.45, 2.75) is 43.5 Å². The number of likely N-dealkylation sites (tertiary alicyclic amines) is 1. The van der Waals surface area contributed by atoms with Crippen LogP contribution in [0.3, 0.4) is 0 Å². The van der Waals surface area contributed by atoms with Gasteiger partial charge in [-0.3, -0.25) is 9.89 Å². The van der Waals surface area contributed by atoms with Gasteiger partial charge < -0.3 is 25.2 Å². The molecule has 1 fully saturated rings. The molecular weight excluding hydrogens is 488 g/mol. The van der Waals surface area contributed by atoms with E-state index in [1.54, 1.807) is 0 Å². The number of alkyl halides is 3. The van der Waals surface area contributed by atoms with Gasteiger partial charge in [0, 0.05) is 12.5 Å². The van der Waals surface area contributed by atoms with Gasteiger partial charge in [0.15, 0.2) is 5.65 Å². The quantitative estimate of drug-likeness (QED) is 0.294. The van der Waals surface area contributed by atoms with E-state index in [0.717, 1.165) is 23.1 Å². The third kappa shape index (κ3) is 4.44. The minimum atomic E-state index is -3.19. The molecule has 0 unspecified atom stereocenters. The number of benzene rings is 1. The van der Waals surface area contributed by atoms with E-state index in [1.165, 1.54) is 18.5 Å². The number of anilines is 1. The molecule has 2 aliphatic rings. The molecule has 0 spiro atoms. The number of aromatic amines is 1. The Morgan fingerprint density at radius 2 is 2.03 bits per heavy atom. The van der Waals surface area contributed by atoms with Crippen molar-refractivity contribution in [2.75, 3.05) is 11.9 Å². The lowest BCUT2D eigenvalue weighted by atomic mass is 10.0. The summed E-state index contributed by atoms with van der Waals surface area (Å²) in [5.41, 5.74) is 0.106. The van der Waals surface area contributed by atoms with Crippen molar-refractivity contribution in [2.24, 2.45) is 0 Å². The van der Waals surface area contributed by atoms with Crippen molar-refractivity contribution in [1.29, 1.82) is 0 Å². The van der Waals surface area contributed by atoms with E-state index in [0.29, 0.717) is 0 Å². The standard InChI is InChI=1S/C22H20F4N6O4/c23-10-3-9(4-12(5-10)36-22(25)26)14-6-11(24)7-32(14)21(35)17-16-19(27-8-28-20(16)31-30-17)29-13-1-2-15(33)18(13)34/h1-5,8,11,13-15,18,22,33-34H,6-7H2,(H2,27,28,29,30,31)/t11-,13+,14+,15+,18-/m0/s1. The number of nitrogens with one attached hydrogen (secondary N) is 2. The number of aromatic nitrogens is 4. The number of halogens is 4. The number of amides is 1. The molecule has 0 bridgehead atoms. The Bertz CT molecular complexity index is 1320. The molecule has 3 heterocycles. The Morgan fingerprint density at radius 1 is 1.22 bits per heavy atom. The summed E-state index contributed by atoms with van der Waals surface area (Å²) in [6.07, 6.45) is 0.255. The number of carbonyl (C=O) groups is 1. The summed E-state index contributed by atoms with van der Waals surface area (Å²) in [5.74, 6) is -1.91. The van der Waals surface area contributed by atoms with Crippen LogP contribution in [0.5, 0.6) is 5.75 Å². The number of ether oxygens (including phenoxy) is 1. The third-order valence-electron chi connectivity index (χ3n) is 6.12. The summed E-state index contributed by atoms with van der Waals surface area (Å²) < 4.78 is 58.2. The molecule has 36 heavy (non-hydrogen) atoms. The Balaban J connectivity index is 1.49. The van der Waals surface area contributed by atoms with Crippen LogP contribution in [0.2, 0.25) is 0 Å². The summed E-state index contributed by atoms with van der Waals surface area (Å²) in [5, 5.41) is 29.6. The molecule has 0 radical (unpaired) electrons. The van der Waals surface area contributed by atoms with Gasteiger partial charge in [-0.25, -0.2) is 18.7 Å². The first-order valence-corrected chi connectivity index (χ1v) is 10.9. The molecule has 1 aromatic carbocycles. The Labute approximate surface area is 200 Å². The summed E-state index contributed by atoms with van der Waals surface area (Å²) in [6.45, 7) is -3.52. The SMILES string of the molecule is O=C(c1[nH]nc2ncnc(N[C@@H]3C=C[C@@H](O)[C@H]3O)c12)N1C[C@@H](F)C[C@@H]1c1cc(F)cc(OC(F)F)c1. The van der Waals surface area contributed by atoms with Crippen molar-refractivity contribution < 1.29 is 37.3 Å². The maximum Gasteiger partial charge on any atom is 0.387 e. The highest BCUT2D eigenvalue weighted by Crippen LogP contribution is 2.38. The molecule has 190 valence electrons. The monoisotopic (exact) mass is 508 g/mol. The van der Waals surface area contributed by atoms with Crippen LogP contribution in [-0.2, 0) is 0 Å². The van der Waals surface area contributed by atoms with E-state index in [1.807, 2.05) is 0 Å². The van der Waals surface area contributed by atoms with Crippen molar-refractivity contribution >= 4 is 22.8 Å². The molecule has 5 rings (SSSR count). The lowest BCUT2D eigenvalue weighted by Crippen LogP contribution is -2.35. The minimum Gasteiger partial charge on any atom is -0.435 e. The van der Waals surface area contributed by atoms with Gasteiger partial charge in [-0.05, 0) is 17.7 Å². The Kier molecular flexibility index (Phi) is 6.22. The third-order valence-corrected chi connectivity index (χ3v) is 6.12. The number of aliphatic hydroxyl groups excluding tert-OH is 2. The second-order valence-corrected chi connectivity index (χ2v) is 8.46. The summed E-state index contributed by atoms with van der Waals surface area (Å²) in [7, 11) is 0.